The Morgan fingerprint density at radius 2 is 1.96 bits per heavy atom. The van der Waals surface area contributed by atoms with Crippen LogP contribution in [0.3, 0.4) is 0 Å². The summed E-state index contributed by atoms with van der Waals surface area (Å²) in [7, 11) is 3.66. The van der Waals surface area contributed by atoms with Gasteiger partial charge in [0.15, 0.2) is 11.6 Å². The SMILES string of the molecule is CNc1nc(C2CCCC2)c(OC)c(N2C[C@H]3CCCN[C@H]3C2)n1. The smallest absolute Gasteiger partial charge is 0.224 e. The molecule has 2 aliphatic heterocycles. The molecule has 3 fully saturated rings. The first-order valence-corrected chi connectivity index (χ1v) is 9.42. The van der Waals surface area contributed by atoms with Gasteiger partial charge in [-0.1, -0.05) is 12.8 Å². The van der Waals surface area contributed by atoms with Crippen LogP contribution in [0.25, 0.3) is 0 Å². The van der Waals surface area contributed by atoms with Gasteiger partial charge in [-0.2, -0.15) is 4.98 Å². The number of anilines is 2. The quantitative estimate of drug-likeness (QED) is 0.883. The second-order valence-electron chi connectivity index (χ2n) is 7.39. The molecule has 132 valence electrons. The highest BCUT2D eigenvalue weighted by atomic mass is 16.5. The van der Waals surface area contributed by atoms with Gasteiger partial charge in [0, 0.05) is 32.1 Å². The van der Waals surface area contributed by atoms with Gasteiger partial charge in [0.05, 0.1) is 12.8 Å². The molecule has 1 aliphatic carbocycles. The number of hydrogen-bond acceptors (Lipinski definition) is 6. The maximum absolute atomic E-state index is 5.84. The van der Waals surface area contributed by atoms with Gasteiger partial charge < -0.3 is 20.3 Å². The molecule has 0 unspecified atom stereocenters. The number of rotatable bonds is 4. The molecular weight excluding hydrogens is 302 g/mol. The number of nitrogens with one attached hydrogen (secondary N) is 2. The molecule has 4 rings (SSSR count). The Morgan fingerprint density at radius 1 is 1.12 bits per heavy atom. The molecule has 0 bridgehead atoms. The average Bonchev–Trinajstić information content (AvgIpc) is 3.29. The standard InChI is InChI=1S/C18H29N5O/c1-19-18-21-15(12-6-3-4-7-12)16(24-2)17(22-18)23-10-13-8-5-9-20-14(13)11-23/h12-14,20H,3-11H2,1-2H3,(H,19,21,22)/t13-,14+/m1/s1. The first-order valence-electron chi connectivity index (χ1n) is 9.42. The van der Waals surface area contributed by atoms with Crippen molar-refractivity contribution in [3.63, 3.8) is 0 Å². The summed E-state index contributed by atoms with van der Waals surface area (Å²) in [6, 6.07) is 0.589. The molecule has 1 saturated carbocycles. The molecule has 2 atom stereocenters. The predicted octanol–water partition coefficient (Wildman–Crippen LogP) is 2.37. The topological polar surface area (TPSA) is 62.3 Å². The van der Waals surface area contributed by atoms with E-state index in [4.69, 9.17) is 14.7 Å². The molecule has 0 spiro atoms. The van der Waals surface area contributed by atoms with Crippen molar-refractivity contribution in [3.8, 4) is 5.75 Å². The fourth-order valence-electron chi connectivity index (χ4n) is 4.67. The van der Waals surface area contributed by atoms with Crippen molar-refractivity contribution in [1.29, 1.82) is 0 Å². The number of piperidine rings is 1. The lowest BCUT2D eigenvalue weighted by Crippen LogP contribution is -2.40. The predicted molar refractivity (Wildman–Crippen MR) is 96.1 cm³/mol. The van der Waals surface area contributed by atoms with Crippen molar-refractivity contribution in [2.45, 2.75) is 50.5 Å². The van der Waals surface area contributed by atoms with E-state index in [1.54, 1.807) is 7.11 Å². The van der Waals surface area contributed by atoms with Crippen molar-refractivity contribution < 1.29 is 4.74 Å². The number of aromatic nitrogens is 2. The Morgan fingerprint density at radius 3 is 2.67 bits per heavy atom. The minimum absolute atomic E-state index is 0.511. The summed E-state index contributed by atoms with van der Waals surface area (Å²) >= 11 is 0. The van der Waals surface area contributed by atoms with Crippen LogP contribution in [0.1, 0.15) is 50.1 Å². The van der Waals surface area contributed by atoms with Gasteiger partial charge in [0.1, 0.15) is 0 Å². The normalized spacial score (nSPS) is 27.3. The maximum Gasteiger partial charge on any atom is 0.224 e. The Labute approximate surface area is 144 Å². The second-order valence-corrected chi connectivity index (χ2v) is 7.39. The molecule has 2 N–H and O–H groups in total. The maximum atomic E-state index is 5.84. The molecule has 0 radical (unpaired) electrons. The molecular formula is C18H29N5O. The van der Waals surface area contributed by atoms with Crippen LogP contribution in [-0.4, -0.2) is 49.8 Å². The number of fused-ring (bicyclic) bond motifs is 1. The molecule has 6 heteroatoms. The monoisotopic (exact) mass is 331 g/mol. The van der Waals surface area contributed by atoms with E-state index >= 15 is 0 Å². The molecule has 2 saturated heterocycles. The largest absolute Gasteiger partial charge is 0.491 e. The Hall–Kier alpha value is -1.56. The molecule has 3 aliphatic rings. The van der Waals surface area contributed by atoms with Crippen LogP contribution in [0.5, 0.6) is 5.75 Å². The number of methoxy groups -OCH3 is 1. The Balaban J connectivity index is 1.69. The van der Waals surface area contributed by atoms with Crippen LogP contribution in [0.4, 0.5) is 11.8 Å². The summed E-state index contributed by atoms with van der Waals surface area (Å²) in [5.41, 5.74) is 1.10. The third kappa shape index (κ3) is 2.81. The van der Waals surface area contributed by atoms with E-state index < -0.39 is 0 Å². The van der Waals surface area contributed by atoms with Crippen LogP contribution < -0.4 is 20.3 Å². The zero-order chi connectivity index (χ0) is 16.5. The summed E-state index contributed by atoms with van der Waals surface area (Å²) < 4.78 is 5.84. The lowest BCUT2D eigenvalue weighted by atomic mass is 9.94. The fraction of sp³-hybridized carbons (Fsp3) is 0.778. The first kappa shape index (κ1) is 15.9. The van der Waals surface area contributed by atoms with E-state index in [0.717, 1.165) is 48.8 Å². The van der Waals surface area contributed by atoms with Gasteiger partial charge in [0.25, 0.3) is 0 Å². The molecule has 1 aromatic heterocycles. The molecule has 6 nitrogen and oxygen atoms in total. The molecule has 1 aromatic rings. The Kier molecular flexibility index (Phi) is 4.48. The number of nitrogens with zero attached hydrogens (tertiary/aromatic N) is 3. The van der Waals surface area contributed by atoms with Crippen LogP contribution >= 0.6 is 0 Å². The van der Waals surface area contributed by atoms with E-state index in [-0.39, 0.29) is 0 Å². The van der Waals surface area contributed by atoms with Gasteiger partial charge in [-0.3, -0.25) is 0 Å². The van der Waals surface area contributed by atoms with Gasteiger partial charge >= 0.3 is 0 Å². The first-order chi connectivity index (χ1) is 11.8. The van der Waals surface area contributed by atoms with Crippen molar-refractivity contribution in [3.05, 3.63) is 5.69 Å². The van der Waals surface area contributed by atoms with Crippen molar-refractivity contribution in [2.24, 2.45) is 5.92 Å². The van der Waals surface area contributed by atoms with E-state index in [1.165, 1.54) is 38.5 Å². The van der Waals surface area contributed by atoms with E-state index in [2.05, 4.69) is 15.5 Å². The summed E-state index contributed by atoms with van der Waals surface area (Å²) in [6.45, 7) is 3.23. The zero-order valence-corrected chi connectivity index (χ0v) is 14.8. The molecule has 24 heavy (non-hydrogen) atoms. The van der Waals surface area contributed by atoms with Crippen LogP contribution in [0.2, 0.25) is 0 Å². The molecule has 0 amide bonds. The van der Waals surface area contributed by atoms with Gasteiger partial charge in [-0.05, 0) is 38.1 Å². The van der Waals surface area contributed by atoms with Gasteiger partial charge in [-0.25, -0.2) is 4.98 Å². The lowest BCUT2D eigenvalue weighted by molar-refractivity contribution is 0.340. The van der Waals surface area contributed by atoms with Gasteiger partial charge in [-0.15, -0.1) is 0 Å². The minimum Gasteiger partial charge on any atom is -0.491 e. The van der Waals surface area contributed by atoms with Crippen molar-refractivity contribution >= 4 is 11.8 Å². The highest BCUT2D eigenvalue weighted by molar-refractivity contribution is 5.59. The van der Waals surface area contributed by atoms with E-state index in [9.17, 15) is 0 Å². The lowest BCUT2D eigenvalue weighted by Gasteiger charge is -2.24. The third-order valence-electron chi connectivity index (χ3n) is 5.94. The average molecular weight is 331 g/mol. The zero-order valence-electron chi connectivity index (χ0n) is 14.8. The fourth-order valence-corrected chi connectivity index (χ4v) is 4.67. The summed E-state index contributed by atoms with van der Waals surface area (Å²) in [5.74, 6) is 3.84. The molecule has 0 aromatic carbocycles. The Bertz CT molecular complexity index is 573. The number of hydrogen-bond donors (Lipinski definition) is 2. The summed E-state index contributed by atoms with van der Waals surface area (Å²) in [4.78, 5) is 12.0. The highest BCUT2D eigenvalue weighted by Crippen LogP contribution is 2.43. The van der Waals surface area contributed by atoms with Gasteiger partial charge in [0.2, 0.25) is 5.95 Å². The minimum atomic E-state index is 0.511. The highest BCUT2D eigenvalue weighted by Gasteiger charge is 2.37. The summed E-state index contributed by atoms with van der Waals surface area (Å²) in [5, 5.41) is 6.82. The third-order valence-corrected chi connectivity index (χ3v) is 5.94. The van der Waals surface area contributed by atoms with E-state index in [0.29, 0.717) is 12.0 Å². The van der Waals surface area contributed by atoms with E-state index in [1.807, 2.05) is 7.05 Å². The van der Waals surface area contributed by atoms with Crippen molar-refractivity contribution in [2.75, 3.05) is 44.0 Å². The van der Waals surface area contributed by atoms with Crippen molar-refractivity contribution in [1.82, 2.24) is 15.3 Å². The van der Waals surface area contributed by atoms with Crippen LogP contribution in [0.15, 0.2) is 0 Å². The second kappa shape index (κ2) is 6.75. The number of ether oxygens (including phenoxy) is 1. The van der Waals surface area contributed by atoms with Crippen LogP contribution in [-0.2, 0) is 0 Å². The van der Waals surface area contributed by atoms with Crippen LogP contribution in [0, 0.1) is 5.92 Å². The molecule has 3 heterocycles. The summed E-state index contributed by atoms with van der Waals surface area (Å²) in [6.07, 6.45) is 7.60.